The van der Waals surface area contributed by atoms with E-state index in [0.717, 1.165) is 30.4 Å². The van der Waals surface area contributed by atoms with Crippen LogP contribution in [0, 0.1) is 5.92 Å². The van der Waals surface area contributed by atoms with Crippen LogP contribution in [0.2, 0.25) is 0 Å². The molecular formula is C16H24N4. The van der Waals surface area contributed by atoms with Crippen LogP contribution in [-0.2, 0) is 6.42 Å². The van der Waals surface area contributed by atoms with E-state index in [1.54, 1.807) is 0 Å². The molecule has 1 saturated carbocycles. The Labute approximate surface area is 120 Å². The van der Waals surface area contributed by atoms with E-state index in [1.807, 2.05) is 24.4 Å². The molecule has 1 aliphatic rings. The molecule has 2 heterocycles. The van der Waals surface area contributed by atoms with Crippen molar-refractivity contribution in [3.8, 4) is 0 Å². The van der Waals surface area contributed by atoms with E-state index < -0.39 is 0 Å². The molecule has 3 rings (SSSR count). The average Bonchev–Trinajstić information content (AvgIpc) is 2.76. The van der Waals surface area contributed by atoms with Gasteiger partial charge in [0.2, 0.25) is 0 Å². The molecule has 2 atom stereocenters. The minimum atomic E-state index is 0.694. The molecule has 0 spiro atoms. The maximum absolute atomic E-state index is 4.28. The number of pyridine rings is 1. The second-order valence-corrected chi connectivity index (χ2v) is 6.06. The fourth-order valence-electron chi connectivity index (χ4n) is 3.14. The van der Waals surface area contributed by atoms with Gasteiger partial charge in [-0.25, -0.2) is 0 Å². The van der Waals surface area contributed by atoms with E-state index in [-0.39, 0.29) is 0 Å². The summed E-state index contributed by atoms with van der Waals surface area (Å²) in [4.78, 5) is 0. The van der Waals surface area contributed by atoms with E-state index in [4.69, 9.17) is 0 Å². The van der Waals surface area contributed by atoms with Gasteiger partial charge < -0.3 is 5.32 Å². The van der Waals surface area contributed by atoms with Gasteiger partial charge in [-0.1, -0.05) is 25.8 Å². The number of fused-ring (bicyclic) bond motifs is 1. The summed E-state index contributed by atoms with van der Waals surface area (Å²) in [5.41, 5.74) is 0.936. The molecule has 0 aromatic carbocycles. The van der Waals surface area contributed by atoms with Crippen molar-refractivity contribution >= 4 is 5.65 Å². The summed E-state index contributed by atoms with van der Waals surface area (Å²) in [5, 5.41) is 12.2. The minimum Gasteiger partial charge on any atom is -0.314 e. The van der Waals surface area contributed by atoms with Gasteiger partial charge in [-0.05, 0) is 37.3 Å². The monoisotopic (exact) mass is 272 g/mol. The molecule has 1 aliphatic carbocycles. The summed E-state index contributed by atoms with van der Waals surface area (Å²) in [6.07, 6.45) is 9.76. The highest BCUT2D eigenvalue weighted by molar-refractivity contribution is 5.36. The third-order valence-electron chi connectivity index (χ3n) is 4.42. The van der Waals surface area contributed by atoms with Gasteiger partial charge in [0.05, 0.1) is 0 Å². The van der Waals surface area contributed by atoms with Crippen LogP contribution in [0.1, 0.15) is 44.9 Å². The quantitative estimate of drug-likeness (QED) is 0.870. The second-order valence-electron chi connectivity index (χ2n) is 6.06. The molecule has 108 valence electrons. The Morgan fingerprint density at radius 3 is 3.10 bits per heavy atom. The number of aromatic nitrogens is 3. The first kappa shape index (κ1) is 13.6. The molecule has 2 aromatic heterocycles. The molecule has 1 fully saturated rings. The normalized spacial score (nSPS) is 23.9. The highest BCUT2D eigenvalue weighted by Crippen LogP contribution is 2.22. The number of nitrogens with zero attached hydrogens (tertiary/aromatic N) is 3. The van der Waals surface area contributed by atoms with Gasteiger partial charge in [0.15, 0.2) is 5.65 Å². The fourth-order valence-corrected chi connectivity index (χ4v) is 3.14. The zero-order chi connectivity index (χ0) is 13.8. The summed E-state index contributed by atoms with van der Waals surface area (Å²) in [6, 6.07) is 6.72. The summed E-state index contributed by atoms with van der Waals surface area (Å²) in [6.45, 7) is 3.37. The lowest BCUT2D eigenvalue weighted by Crippen LogP contribution is -2.30. The number of rotatable bonds is 4. The van der Waals surface area contributed by atoms with Crippen LogP contribution in [0.25, 0.3) is 5.65 Å². The number of nitrogens with one attached hydrogen (secondary N) is 1. The van der Waals surface area contributed by atoms with Crippen molar-refractivity contribution < 1.29 is 0 Å². The Morgan fingerprint density at radius 2 is 2.15 bits per heavy atom. The van der Waals surface area contributed by atoms with Crippen LogP contribution < -0.4 is 5.32 Å². The molecular weight excluding hydrogens is 248 g/mol. The van der Waals surface area contributed by atoms with Crippen LogP contribution in [0.15, 0.2) is 24.4 Å². The summed E-state index contributed by atoms with van der Waals surface area (Å²) < 4.78 is 2.08. The first-order chi connectivity index (χ1) is 9.83. The lowest BCUT2D eigenvalue weighted by Gasteiger charge is -2.15. The van der Waals surface area contributed by atoms with Crippen molar-refractivity contribution in [2.75, 3.05) is 6.54 Å². The zero-order valence-corrected chi connectivity index (χ0v) is 12.3. The molecule has 0 radical (unpaired) electrons. The smallest absolute Gasteiger partial charge is 0.160 e. The molecule has 20 heavy (non-hydrogen) atoms. The molecule has 1 N–H and O–H groups in total. The summed E-state index contributed by atoms with van der Waals surface area (Å²) in [5.74, 6) is 1.96. The molecule has 0 saturated heterocycles. The second kappa shape index (κ2) is 6.35. The van der Waals surface area contributed by atoms with Crippen molar-refractivity contribution in [2.24, 2.45) is 5.92 Å². The van der Waals surface area contributed by atoms with E-state index in [0.29, 0.717) is 6.04 Å². The van der Waals surface area contributed by atoms with Crippen LogP contribution in [0.3, 0.4) is 0 Å². The SMILES string of the molecule is CC1CCCC(NCCc2nnc3ccccn23)CC1. The first-order valence-corrected chi connectivity index (χ1v) is 7.85. The van der Waals surface area contributed by atoms with Crippen LogP contribution >= 0.6 is 0 Å². The molecule has 0 bridgehead atoms. The molecule has 0 amide bonds. The van der Waals surface area contributed by atoms with Gasteiger partial charge in [0.1, 0.15) is 5.82 Å². The maximum Gasteiger partial charge on any atom is 0.160 e. The van der Waals surface area contributed by atoms with Gasteiger partial charge >= 0.3 is 0 Å². The average molecular weight is 272 g/mol. The molecule has 0 aliphatic heterocycles. The molecule has 4 nitrogen and oxygen atoms in total. The fraction of sp³-hybridized carbons (Fsp3) is 0.625. The lowest BCUT2D eigenvalue weighted by molar-refractivity contribution is 0.448. The van der Waals surface area contributed by atoms with Crippen LogP contribution in [0.4, 0.5) is 0 Å². The van der Waals surface area contributed by atoms with Crippen LogP contribution in [-0.4, -0.2) is 27.2 Å². The van der Waals surface area contributed by atoms with Gasteiger partial charge in [0, 0.05) is 25.2 Å². The first-order valence-electron chi connectivity index (χ1n) is 7.85. The molecule has 2 aromatic rings. The predicted molar refractivity (Wildman–Crippen MR) is 80.7 cm³/mol. The molecule has 4 heteroatoms. The Kier molecular flexibility index (Phi) is 4.31. The Hall–Kier alpha value is -1.42. The summed E-state index contributed by atoms with van der Waals surface area (Å²) >= 11 is 0. The topological polar surface area (TPSA) is 42.2 Å². The van der Waals surface area contributed by atoms with E-state index in [1.165, 1.54) is 32.1 Å². The number of hydrogen-bond acceptors (Lipinski definition) is 3. The van der Waals surface area contributed by atoms with Crippen molar-refractivity contribution in [1.82, 2.24) is 19.9 Å². The molecule has 2 unspecified atom stereocenters. The van der Waals surface area contributed by atoms with Gasteiger partial charge in [-0.3, -0.25) is 4.40 Å². The Bertz CT molecular complexity index is 548. The Balaban J connectivity index is 1.52. The Morgan fingerprint density at radius 1 is 1.20 bits per heavy atom. The van der Waals surface area contributed by atoms with Gasteiger partial charge in [-0.15, -0.1) is 10.2 Å². The van der Waals surface area contributed by atoms with Crippen molar-refractivity contribution in [3.05, 3.63) is 30.2 Å². The van der Waals surface area contributed by atoms with Crippen LogP contribution in [0.5, 0.6) is 0 Å². The summed E-state index contributed by atoms with van der Waals surface area (Å²) in [7, 11) is 0. The van der Waals surface area contributed by atoms with Crippen molar-refractivity contribution in [3.63, 3.8) is 0 Å². The van der Waals surface area contributed by atoms with Gasteiger partial charge in [0.25, 0.3) is 0 Å². The highest BCUT2D eigenvalue weighted by atomic mass is 15.2. The largest absolute Gasteiger partial charge is 0.314 e. The predicted octanol–water partition coefficient (Wildman–Crippen LogP) is 2.83. The standard InChI is InChI=1S/C16H24N4/c1-13-5-4-6-14(9-8-13)17-11-10-16-19-18-15-7-2-3-12-20(15)16/h2-3,7,12-14,17H,4-6,8-11H2,1H3. The van der Waals surface area contributed by atoms with Crippen molar-refractivity contribution in [1.29, 1.82) is 0 Å². The zero-order valence-electron chi connectivity index (χ0n) is 12.3. The highest BCUT2D eigenvalue weighted by Gasteiger charge is 2.15. The van der Waals surface area contributed by atoms with E-state index in [9.17, 15) is 0 Å². The minimum absolute atomic E-state index is 0.694. The maximum atomic E-state index is 4.28. The third kappa shape index (κ3) is 3.18. The van der Waals surface area contributed by atoms with E-state index in [2.05, 4.69) is 26.8 Å². The number of hydrogen-bond donors (Lipinski definition) is 1. The van der Waals surface area contributed by atoms with E-state index >= 15 is 0 Å². The third-order valence-corrected chi connectivity index (χ3v) is 4.42. The van der Waals surface area contributed by atoms with Crippen molar-refractivity contribution in [2.45, 2.75) is 51.5 Å². The lowest BCUT2D eigenvalue weighted by atomic mass is 10.0. The van der Waals surface area contributed by atoms with Gasteiger partial charge in [-0.2, -0.15) is 0 Å².